The largest absolute Gasteiger partial charge is 0.342 e. The third-order valence-electron chi connectivity index (χ3n) is 4.26. The van der Waals surface area contributed by atoms with Crippen LogP contribution in [0.3, 0.4) is 0 Å². The van der Waals surface area contributed by atoms with Gasteiger partial charge >= 0.3 is 0 Å². The van der Waals surface area contributed by atoms with E-state index in [1.54, 1.807) is 17.0 Å². The van der Waals surface area contributed by atoms with Gasteiger partial charge < -0.3 is 16.0 Å². The van der Waals surface area contributed by atoms with E-state index in [0.717, 1.165) is 12.8 Å². The lowest BCUT2D eigenvalue weighted by Gasteiger charge is -2.34. The van der Waals surface area contributed by atoms with Crippen molar-refractivity contribution in [3.63, 3.8) is 0 Å². The summed E-state index contributed by atoms with van der Waals surface area (Å²) in [5, 5.41) is 3.30. The Bertz CT molecular complexity index is 569. The molecule has 142 valence electrons. The fraction of sp³-hybridized carbons (Fsp3) is 0.562. The van der Waals surface area contributed by atoms with Gasteiger partial charge in [0, 0.05) is 25.3 Å². The van der Waals surface area contributed by atoms with Crippen LogP contribution in [0, 0.1) is 11.8 Å². The minimum Gasteiger partial charge on any atom is -0.342 e. The Hall–Kier alpha value is -1.08. The highest BCUT2D eigenvalue weighted by Gasteiger charge is 2.31. The summed E-state index contributed by atoms with van der Waals surface area (Å²) in [4.78, 5) is 30.6. The normalized spacial score (nSPS) is 19.0. The summed E-state index contributed by atoms with van der Waals surface area (Å²) in [6, 6.07) is 3.13. The average molecular weight is 412 g/mol. The van der Waals surface area contributed by atoms with Gasteiger partial charge in [-0.2, -0.15) is 0 Å². The Labute approximate surface area is 165 Å². The van der Waals surface area contributed by atoms with Gasteiger partial charge in [0.05, 0.1) is 16.9 Å². The fourth-order valence-electron chi connectivity index (χ4n) is 2.58. The fourth-order valence-corrected chi connectivity index (χ4v) is 2.69. The van der Waals surface area contributed by atoms with Crippen LogP contribution >= 0.6 is 36.4 Å². The zero-order chi connectivity index (χ0) is 17.0. The molecular weight excluding hydrogens is 387 g/mol. The molecule has 3 N–H and O–H groups in total. The van der Waals surface area contributed by atoms with Crippen LogP contribution < -0.4 is 11.1 Å². The number of carbonyl (C=O) groups excluding carboxylic acids is 2. The second-order valence-corrected chi connectivity index (χ2v) is 6.56. The first-order valence-electron chi connectivity index (χ1n) is 7.85. The van der Waals surface area contributed by atoms with Gasteiger partial charge in [0.1, 0.15) is 5.82 Å². The number of nitrogens with zero attached hydrogens (tertiary/aromatic N) is 2. The Morgan fingerprint density at radius 2 is 2.04 bits per heavy atom. The van der Waals surface area contributed by atoms with E-state index in [2.05, 4.69) is 10.3 Å². The van der Waals surface area contributed by atoms with Crippen LogP contribution in [0.5, 0.6) is 0 Å². The highest BCUT2D eigenvalue weighted by molar-refractivity contribution is 6.30. The molecule has 0 aliphatic carbocycles. The molecule has 1 aromatic heterocycles. The predicted octanol–water partition coefficient (Wildman–Crippen LogP) is 2.74. The maximum atomic E-state index is 12.4. The highest BCUT2D eigenvalue weighted by atomic mass is 35.5. The summed E-state index contributed by atoms with van der Waals surface area (Å²) in [6.45, 7) is 4.76. The molecule has 2 heterocycles. The van der Waals surface area contributed by atoms with Gasteiger partial charge in [0.25, 0.3) is 0 Å². The van der Waals surface area contributed by atoms with Crippen molar-refractivity contribution >= 4 is 54.0 Å². The zero-order valence-electron chi connectivity index (χ0n) is 14.3. The summed E-state index contributed by atoms with van der Waals surface area (Å²) in [7, 11) is 0. The number of pyridine rings is 1. The van der Waals surface area contributed by atoms with Gasteiger partial charge in [-0.15, -0.1) is 24.8 Å². The van der Waals surface area contributed by atoms with Gasteiger partial charge in [-0.05, 0) is 31.9 Å². The maximum Gasteiger partial charge on any atom is 0.230 e. The molecule has 3 unspecified atom stereocenters. The van der Waals surface area contributed by atoms with Crippen molar-refractivity contribution in [2.45, 2.75) is 32.7 Å². The zero-order valence-corrected chi connectivity index (χ0v) is 16.7. The van der Waals surface area contributed by atoms with Gasteiger partial charge in [0.2, 0.25) is 11.8 Å². The molecule has 0 saturated carbocycles. The summed E-state index contributed by atoms with van der Waals surface area (Å²) in [6.07, 6.45) is 3.05. The number of aromatic nitrogens is 1. The molecule has 1 aliphatic rings. The van der Waals surface area contributed by atoms with Gasteiger partial charge in [0.15, 0.2) is 0 Å². The third-order valence-corrected chi connectivity index (χ3v) is 4.48. The second-order valence-electron chi connectivity index (χ2n) is 6.12. The molecular formula is C16H25Cl3N4O2. The van der Waals surface area contributed by atoms with E-state index in [4.69, 9.17) is 17.3 Å². The first-order chi connectivity index (χ1) is 10.9. The number of piperidine rings is 1. The number of likely N-dealkylation sites (tertiary alicyclic amines) is 1. The Balaban J connectivity index is 0.00000288. The van der Waals surface area contributed by atoms with Crippen LogP contribution in [0.2, 0.25) is 5.02 Å². The van der Waals surface area contributed by atoms with Crippen molar-refractivity contribution in [2.24, 2.45) is 17.6 Å². The van der Waals surface area contributed by atoms with Crippen molar-refractivity contribution in [2.75, 3.05) is 18.4 Å². The number of rotatable bonds is 4. The van der Waals surface area contributed by atoms with Crippen molar-refractivity contribution in [1.29, 1.82) is 0 Å². The van der Waals surface area contributed by atoms with E-state index in [-0.39, 0.29) is 54.5 Å². The molecule has 2 rings (SSSR count). The van der Waals surface area contributed by atoms with E-state index in [1.807, 2.05) is 13.8 Å². The van der Waals surface area contributed by atoms with Gasteiger partial charge in [-0.3, -0.25) is 9.59 Å². The minimum atomic E-state index is -0.241. The summed E-state index contributed by atoms with van der Waals surface area (Å²) < 4.78 is 0. The van der Waals surface area contributed by atoms with E-state index < -0.39 is 0 Å². The van der Waals surface area contributed by atoms with Crippen LogP contribution in [-0.4, -0.2) is 40.8 Å². The van der Waals surface area contributed by atoms with Crippen molar-refractivity contribution < 1.29 is 9.59 Å². The Morgan fingerprint density at radius 1 is 1.36 bits per heavy atom. The van der Waals surface area contributed by atoms with Crippen molar-refractivity contribution in [3.8, 4) is 0 Å². The number of amides is 2. The van der Waals surface area contributed by atoms with Crippen molar-refractivity contribution in [1.82, 2.24) is 9.88 Å². The lowest BCUT2D eigenvalue weighted by molar-refractivity contribution is -0.138. The molecule has 9 heteroatoms. The molecule has 2 amide bonds. The highest BCUT2D eigenvalue weighted by Crippen LogP contribution is 2.21. The van der Waals surface area contributed by atoms with Crippen molar-refractivity contribution in [3.05, 3.63) is 23.4 Å². The SMILES string of the molecule is CC(N)C(C)C(=O)N1CCCC(C(=O)Nc2ccc(Cl)cn2)C1.Cl.Cl. The number of hydrogen-bond donors (Lipinski definition) is 2. The van der Waals surface area contributed by atoms with Crippen LogP contribution in [0.15, 0.2) is 18.3 Å². The summed E-state index contributed by atoms with van der Waals surface area (Å²) in [5.41, 5.74) is 5.81. The Kier molecular flexibility index (Phi) is 10.3. The molecule has 1 aliphatic heterocycles. The Morgan fingerprint density at radius 3 is 2.60 bits per heavy atom. The first kappa shape index (κ1) is 23.9. The molecule has 25 heavy (non-hydrogen) atoms. The topological polar surface area (TPSA) is 88.3 Å². The van der Waals surface area contributed by atoms with Gasteiger partial charge in [-0.25, -0.2) is 4.98 Å². The van der Waals surface area contributed by atoms with Crippen LogP contribution in [0.25, 0.3) is 0 Å². The van der Waals surface area contributed by atoms with E-state index >= 15 is 0 Å². The minimum absolute atomic E-state index is 0. The average Bonchev–Trinajstić information content (AvgIpc) is 2.55. The molecule has 0 aromatic carbocycles. The third kappa shape index (κ3) is 6.62. The molecule has 6 nitrogen and oxygen atoms in total. The van der Waals surface area contributed by atoms with Crippen LogP contribution in [0.4, 0.5) is 5.82 Å². The molecule has 0 spiro atoms. The molecule has 3 atom stereocenters. The molecule has 1 aromatic rings. The number of hydrogen-bond acceptors (Lipinski definition) is 4. The smallest absolute Gasteiger partial charge is 0.230 e. The number of carbonyl (C=O) groups is 2. The molecule has 1 saturated heterocycles. The lowest BCUT2D eigenvalue weighted by Crippen LogP contribution is -2.48. The summed E-state index contributed by atoms with van der Waals surface area (Å²) >= 11 is 5.78. The van der Waals surface area contributed by atoms with Crippen LogP contribution in [0.1, 0.15) is 26.7 Å². The predicted molar refractivity (Wildman–Crippen MR) is 104 cm³/mol. The van der Waals surface area contributed by atoms with Crippen LogP contribution in [-0.2, 0) is 9.59 Å². The maximum absolute atomic E-state index is 12.4. The quantitative estimate of drug-likeness (QED) is 0.797. The second kappa shape index (κ2) is 10.8. The lowest BCUT2D eigenvalue weighted by atomic mass is 9.94. The monoisotopic (exact) mass is 410 g/mol. The first-order valence-corrected chi connectivity index (χ1v) is 8.23. The molecule has 0 bridgehead atoms. The van der Waals surface area contributed by atoms with E-state index in [0.29, 0.717) is 23.9 Å². The molecule has 0 radical (unpaired) electrons. The van der Waals surface area contributed by atoms with Gasteiger partial charge in [-0.1, -0.05) is 18.5 Å². The number of halogens is 3. The number of nitrogens with one attached hydrogen (secondary N) is 1. The van der Waals surface area contributed by atoms with E-state index in [1.165, 1.54) is 6.20 Å². The number of anilines is 1. The standard InChI is InChI=1S/C16H23ClN4O2.2ClH/c1-10(11(2)18)16(23)21-7-3-4-12(9-21)15(22)20-14-6-5-13(17)8-19-14;;/h5-6,8,10-12H,3-4,7,9,18H2,1-2H3,(H,19,20,22);2*1H. The van der Waals surface area contributed by atoms with E-state index in [9.17, 15) is 9.59 Å². The number of nitrogens with two attached hydrogens (primary N) is 1. The summed E-state index contributed by atoms with van der Waals surface area (Å²) in [5.74, 6) is -0.111. The molecule has 1 fully saturated rings.